The predicted molar refractivity (Wildman–Crippen MR) is 74.5 cm³/mol. The van der Waals surface area contributed by atoms with Crippen LogP contribution in [0.2, 0.25) is 0 Å². The second-order valence-corrected chi connectivity index (χ2v) is 3.98. The molecule has 0 aromatic heterocycles. The van der Waals surface area contributed by atoms with Gasteiger partial charge in [-0.25, -0.2) is 9.82 Å². The summed E-state index contributed by atoms with van der Waals surface area (Å²) in [5.74, 6) is 0.0341. The lowest BCUT2D eigenvalue weighted by Gasteiger charge is -2.02. The van der Waals surface area contributed by atoms with E-state index in [1.54, 1.807) is 43.5 Å². The molecule has 2 aromatic carbocycles. The van der Waals surface area contributed by atoms with Crippen molar-refractivity contribution in [1.82, 2.24) is 5.43 Å². The van der Waals surface area contributed by atoms with Crippen molar-refractivity contribution in [2.45, 2.75) is 0 Å². The number of rotatable bonds is 4. The molecule has 0 aliphatic rings. The highest BCUT2D eigenvalue weighted by atomic mass is 19.1. The van der Waals surface area contributed by atoms with E-state index in [2.05, 4.69) is 10.5 Å². The van der Waals surface area contributed by atoms with Crippen molar-refractivity contribution in [3.63, 3.8) is 0 Å². The molecule has 4 nitrogen and oxygen atoms in total. The fraction of sp³-hybridized carbons (Fsp3) is 0.0667. The Kier molecular flexibility index (Phi) is 4.44. The number of carbonyl (C=O) groups excluding carboxylic acids is 1. The summed E-state index contributed by atoms with van der Waals surface area (Å²) in [4.78, 5) is 11.8. The molecule has 0 radical (unpaired) electrons. The van der Waals surface area contributed by atoms with Crippen LogP contribution >= 0.6 is 0 Å². The first-order chi connectivity index (χ1) is 9.69. The van der Waals surface area contributed by atoms with Gasteiger partial charge in [-0.05, 0) is 42.0 Å². The smallest absolute Gasteiger partial charge is 0.271 e. The normalized spacial score (nSPS) is 10.5. The Morgan fingerprint density at radius 2 is 1.80 bits per heavy atom. The Morgan fingerprint density at radius 3 is 2.40 bits per heavy atom. The average Bonchev–Trinajstić information content (AvgIpc) is 2.49. The molecule has 2 aromatic rings. The van der Waals surface area contributed by atoms with Crippen molar-refractivity contribution in [2.24, 2.45) is 5.10 Å². The van der Waals surface area contributed by atoms with Gasteiger partial charge in [-0.1, -0.05) is 12.1 Å². The summed E-state index contributed by atoms with van der Waals surface area (Å²) in [6.45, 7) is 0. The molecule has 2 rings (SSSR count). The van der Waals surface area contributed by atoms with E-state index in [0.29, 0.717) is 16.9 Å². The van der Waals surface area contributed by atoms with Crippen molar-refractivity contribution < 1.29 is 13.9 Å². The van der Waals surface area contributed by atoms with E-state index >= 15 is 0 Å². The van der Waals surface area contributed by atoms with Gasteiger partial charge in [0, 0.05) is 5.56 Å². The van der Waals surface area contributed by atoms with Crippen molar-refractivity contribution in [3.05, 3.63) is 65.5 Å². The van der Waals surface area contributed by atoms with Gasteiger partial charge in [-0.15, -0.1) is 0 Å². The van der Waals surface area contributed by atoms with E-state index in [4.69, 9.17) is 4.74 Å². The molecule has 0 heterocycles. The summed E-state index contributed by atoms with van der Waals surface area (Å²) in [5, 5.41) is 3.81. The van der Waals surface area contributed by atoms with Crippen LogP contribution in [0.4, 0.5) is 4.39 Å². The molecule has 1 N–H and O–H groups in total. The molecule has 5 heteroatoms. The minimum atomic E-state index is -0.328. The predicted octanol–water partition coefficient (Wildman–Crippen LogP) is 2.60. The maximum absolute atomic E-state index is 12.7. The number of hydrogen-bond acceptors (Lipinski definition) is 3. The number of nitrogens with one attached hydrogen (secondary N) is 1. The zero-order valence-corrected chi connectivity index (χ0v) is 10.8. The summed E-state index contributed by atoms with van der Waals surface area (Å²) in [7, 11) is 1.56. The molecule has 0 aliphatic heterocycles. The first kappa shape index (κ1) is 13.7. The standard InChI is InChI=1S/C15H13FN2O2/c1-20-14-8-4-12(5-9-14)15(19)18-17-10-11-2-6-13(16)7-3-11/h2-10H,1H3,(H,18,19)/b17-10+. The van der Waals surface area contributed by atoms with Gasteiger partial charge in [0.1, 0.15) is 11.6 Å². The quantitative estimate of drug-likeness (QED) is 0.687. The molecule has 0 bridgehead atoms. The van der Waals surface area contributed by atoms with Crippen LogP contribution in [0.3, 0.4) is 0 Å². The van der Waals surface area contributed by atoms with Crippen molar-refractivity contribution in [1.29, 1.82) is 0 Å². The van der Waals surface area contributed by atoms with Crippen LogP contribution < -0.4 is 10.2 Å². The van der Waals surface area contributed by atoms with E-state index in [1.165, 1.54) is 18.3 Å². The number of ether oxygens (including phenoxy) is 1. The molecule has 0 spiro atoms. The Balaban J connectivity index is 1.95. The minimum Gasteiger partial charge on any atom is -0.497 e. The Morgan fingerprint density at radius 1 is 1.15 bits per heavy atom. The third kappa shape index (κ3) is 3.65. The van der Waals surface area contributed by atoms with Crippen LogP contribution in [0, 0.1) is 5.82 Å². The molecule has 0 unspecified atom stereocenters. The van der Waals surface area contributed by atoms with E-state index in [0.717, 1.165) is 0 Å². The Bertz CT molecular complexity index is 607. The second kappa shape index (κ2) is 6.47. The molecular formula is C15H13FN2O2. The Hall–Kier alpha value is -2.69. The number of amides is 1. The van der Waals surface area contributed by atoms with Crippen LogP contribution in [-0.4, -0.2) is 19.2 Å². The minimum absolute atomic E-state index is 0.315. The number of benzene rings is 2. The molecule has 0 aliphatic carbocycles. The maximum atomic E-state index is 12.7. The van der Waals surface area contributed by atoms with E-state index in [9.17, 15) is 9.18 Å². The fourth-order valence-corrected chi connectivity index (χ4v) is 1.52. The number of hydrazone groups is 1. The molecule has 20 heavy (non-hydrogen) atoms. The van der Waals surface area contributed by atoms with Crippen molar-refractivity contribution in [3.8, 4) is 5.75 Å². The Labute approximate surface area is 115 Å². The number of hydrogen-bond donors (Lipinski definition) is 1. The van der Waals surface area contributed by atoms with E-state index < -0.39 is 0 Å². The van der Waals surface area contributed by atoms with Gasteiger partial charge >= 0.3 is 0 Å². The van der Waals surface area contributed by atoms with Gasteiger partial charge in [0.25, 0.3) is 5.91 Å². The van der Waals surface area contributed by atoms with Crippen LogP contribution in [0.5, 0.6) is 5.75 Å². The highest BCUT2D eigenvalue weighted by Crippen LogP contribution is 2.10. The third-order valence-electron chi connectivity index (χ3n) is 2.60. The van der Waals surface area contributed by atoms with Crippen LogP contribution in [0.15, 0.2) is 53.6 Å². The summed E-state index contributed by atoms with van der Waals surface area (Å²) in [6.07, 6.45) is 1.45. The van der Waals surface area contributed by atoms with Gasteiger partial charge in [0.15, 0.2) is 0 Å². The van der Waals surface area contributed by atoms with Gasteiger partial charge in [-0.2, -0.15) is 5.10 Å². The van der Waals surface area contributed by atoms with E-state index in [1.807, 2.05) is 0 Å². The average molecular weight is 272 g/mol. The van der Waals surface area contributed by atoms with Crippen molar-refractivity contribution in [2.75, 3.05) is 7.11 Å². The zero-order valence-electron chi connectivity index (χ0n) is 10.8. The van der Waals surface area contributed by atoms with Crippen molar-refractivity contribution >= 4 is 12.1 Å². The van der Waals surface area contributed by atoms with Gasteiger partial charge in [0.2, 0.25) is 0 Å². The summed E-state index contributed by atoms with van der Waals surface area (Å²) >= 11 is 0. The van der Waals surface area contributed by atoms with E-state index in [-0.39, 0.29) is 11.7 Å². The van der Waals surface area contributed by atoms with Crippen LogP contribution in [-0.2, 0) is 0 Å². The number of halogens is 1. The first-order valence-corrected chi connectivity index (χ1v) is 5.92. The molecular weight excluding hydrogens is 259 g/mol. The molecule has 0 fully saturated rings. The number of nitrogens with zero attached hydrogens (tertiary/aromatic N) is 1. The zero-order chi connectivity index (χ0) is 14.4. The fourth-order valence-electron chi connectivity index (χ4n) is 1.52. The molecule has 0 atom stereocenters. The molecule has 1 amide bonds. The van der Waals surface area contributed by atoms with Gasteiger partial charge in [-0.3, -0.25) is 4.79 Å². The van der Waals surface area contributed by atoms with Crippen LogP contribution in [0.1, 0.15) is 15.9 Å². The molecule has 0 saturated carbocycles. The largest absolute Gasteiger partial charge is 0.497 e. The lowest BCUT2D eigenvalue weighted by Crippen LogP contribution is -2.17. The lowest BCUT2D eigenvalue weighted by atomic mass is 10.2. The number of carbonyl (C=O) groups is 1. The van der Waals surface area contributed by atoms with Gasteiger partial charge < -0.3 is 4.74 Å². The number of methoxy groups -OCH3 is 1. The van der Waals surface area contributed by atoms with Crippen LogP contribution in [0.25, 0.3) is 0 Å². The SMILES string of the molecule is COc1ccc(C(=O)N/N=C/c2ccc(F)cc2)cc1. The second-order valence-electron chi connectivity index (χ2n) is 3.98. The molecule has 102 valence electrons. The highest BCUT2D eigenvalue weighted by Gasteiger charge is 2.03. The highest BCUT2D eigenvalue weighted by molar-refractivity contribution is 5.94. The summed E-state index contributed by atoms with van der Waals surface area (Å²) in [5.41, 5.74) is 3.57. The summed E-state index contributed by atoms with van der Waals surface area (Å²) in [6, 6.07) is 12.5. The lowest BCUT2D eigenvalue weighted by molar-refractivity contribution is 0.0955. The first-order valence-electron chi connectivity index (χ1n) is 5.92. The third-order valence-corrected chi connectivity index (χ3v) is 2.60. The topological polar surface area (TPSA) is 50.7 Å². The maximum Gasteiger partial charge on any atom is 0.271 e. The monoisotopic (exact) mass is 272 g/mol. The summed E-state index contributed by atoms with van der Waals surface area (Å²) < 4.78 is 17.7. The molecule has 0 saturated heterocycles. The van der Waals surface area contributed by atoms with Gasteiger partial charge in [0.05, 0.1) is 13.3 Å².